The van der Waals surface area contributed by atoms with Crippen molar-refractivity contribution in [1.29, 1.82) is 0 Å². The molecule has 0 aliphatic carbocycles. The summed E-state index contributed by atoms with van der Waals surface area (Å²) in [4.78, 5) is 23.7. The lowest BCUT2D eigenvalue weighted by Crippen LogP contribution is -2.11. The van der Waals surface area contributed by atoms with Crippen LogP contribution >= 0.6 is 0 Å². The van der Waals surface area contributed by atoms with Gasteiger partial charge < -0.3 is 10.2 Å². The second-order valence-corrected chi connectivity index (χ2v) is 5.62. The lowest BCUT2D eigenvalue weighted by molar-refractivity contribution is 0.0996. The molecule has 4 heteroatoms. The highest BCUT2D eigenvalue weighted by molar-refractivity contribution is 6.10. The topological polar surface area (TPSA) is 73.3 Å². The molecule has 0 spiro atoms. The van der Waals surface area contributed by atoms with Crippen molar-refractivity contribution in [3.8, 4) is 0 Å². The minimum absolute atomic E-state index is 0.133. The Morgan fingerprint density at radius 2 is 1.58 bits per heavy atom. The van der Waals surface area contributed by atoms with E-state index in [1.165, 1.54) is 0 Å². The first-order chi connectivity index (χ1) is 11.5. The third kappa shape index (κ3) is 3.27. The molecule has 4 nitrogen and oxygen atoms in total. The zero-order valence-electron chi connectivity index (χ0n) is 13.3. The summed E-state index contributed by atoms with van der Waals surface area (Å²) in [5.41, 5.74) is 7.74. The molecule has 0 saturated carbocycles. The third-order valence-electron chi connectivity index (χ3n) is 3.87. The summed E-state index contributed by atoms with van der Waals surface area (Å²) in [6, 6.07) is 18.0. The zero-order chi connectivity index (χ0) is 17.1. The quantitative estimate of drug-likeness (QED) is 0.731. The number of benzene rings is 2. The van der Waals surface area contributed by atoms with Gasteiger partial charge in [0.15, 0.2) is 5.78 Å². The van der Waals surface area contributed by atoms with Gasteiger partial charge in [0.2, 0.25) is 5.91 Å². The predicted octanol–water partition coefficient (Wildman–Crippen LogP) is 3.51. The highest BCUT2D eigenvalue weighted by Crippen LogP contribution is 2.21. The van der Waals surface area contributed by atoms with Crippen LogP contribution in [0.5, 0.6) is 0 Å². The van der Waals surface area contributed by atoms with Gasteiger partial charge in [0.25, 0.3) is 0 Å². The van der Waals surface area contributed by atoms with Gasteiger partial charge in [-0.2, -0.15) is 0 Å². The van der Waals surface area contributed by atoms with E-state index in [9.17, 15) is 9.59 Å². The Kier molecular flexibility index (Phi) is 4.29. The lowest BCUT2D eigenvalue weighted by Gasteiger charge is -2.00. The van der Waals surface area contributed by atoms with Crippen LogP contribution in [0.4, 0.5) is 0 Å². The van der Waals surface area contributed by atoms with Crippen molar-refractivity contribution in [2.45, 2.75) is 13.3 Å². The van der Waals surface area contributed by atoms with Gasteiger partial charge in [-0.3, -0.25) is 9.59 Å². The fourth-order valence-electron chi connectivity index (χ4n) is 2.59. The van der Waals surface area contributed by atoms with E-state index in [1.807, 2.05) is 30.3 Å². The van der Waals surface area contributed by atoms with Crippen LogP contribution in [0, 0.1) is 6.92 Å². The molecule has 1 amide bonds. The van der Waals surface area contributed by atoms with Gasteiger partial charge in [0, 0.05) is 17.5 Å². The maximum atomic E-state index is 12.6. The number of ketones is 1. The molecular formula is C20H17NO3. The number of primary amides is 1. The van der Waals surface area contributed by atoms with Gasteiger partial charge in [-0.1, -0.05) is 42.5 Å². The molecule has 1 aromatic heterocycles. The predicted molar refractivity (Wildman–Crippen MR) is 91.1 cm³/mol. The molecular weight excluding hydrogens is 302 g/mol. The van der Waals surface area contributed by atoms with Crippen molar-refractivity contribution < 1.29 is 14.0 Å². The number of rotatable bonds is 5. The molecule has 0 atom stereocenters. The summed E-state index contributed by atoms with van der Waals surface area (Å²) in [6.07, 6.45) is 0.634. The fraction of sp³-hybridized carbons (Fsp3) is 0.100. The Morgan fingerprint density at radius 1 is 0.958 bits per heavy atom. The largest absolute Gasteiger partial charge is 0.465 e. The van der Waals surface area contributed by atoms with E-state index in [-0.39, 0.29) is 5.78 Å². The van der Waals surface area contributed by atoms with Crippen molar-refractivity contribution in [3.63, 3.8) is 0 Å². The van der Waals surface area contributed by atoms with Crippen molar-refractivity contribution in [2.24, 2.45) is 5.73 Å². The molecule has 2 N–H and O–H groups in total. The lowest BCUT2D eigenvalue weighted by atomic mass is 10.0. The molecule has 0 aliphatic heterocycles. The molecule has 120 valence electrons. The molecule has 1 heterocycles. The van der Waals surface area contributed by atoms with Crippen molar-refractivity contribution in [3.05, 3.63) is 94.4 Å². The molecule has 0 bridgehead atoms. The number of furan rings is 1. The van der Waals surface area contributed by atoms with E-state index in [1.54, 1.807) is 37.3 Å². The van der Waals surface area contributed by atoms with Crippen LogP contribution in [0.15, 0.2) is 65.1 Å². The monoisotopic (exact) mass is 319 g/mol. The van der Waals surface area contributed by atoms with Crippen LogP contribution in [-0.4, -0.2) is 11.7 Å². The summed E-state index contributed by atoms with van der Waals surface area (Å²) >= 11 is 0. The first-order valence-electron chi connectivity index (χ1n) is 7.62. The van der Waals surface area contributed by atoms with Crippen molar-refractivity contribution >= 4 is 11.7 Å². The number of hydrogen-bond donors (Lipinski definition) is 1. The molecule has 3 aromatic rings. The van der Waals surface area contributed by atoms with Crippen LogP contribution < -0.4 is 5.73 Å². The van der Waals surface area contributed by atoms with Crippen molar-refractivity contribution in [2.75, 3.05) is 0 Å². The summed E-state index contributed by atoms with van der Waals surface area (Å²) < 4.78 is 5.73. The number of hydrogen-bond acceptors (Lipinski definition) is 3. The highest BCUT2D eigenvalue weighted by atomic mass is 16.3. The first kappa shape index (κ1) is 15.7. The Morgan fingerprint density at radius 3 is 2.21 bits per heavy atom. The van der Waals surface area contributed by atoms with Gasteiger partial charge in [-0.05, 0) is 30.7 Å². The van der Waals surface area contributed by atoms with Gasteiger partial charge in [0.05, 0.1) is 5.56 Å². The maximum Gasteiger partial charge on any atom is 0.248 e. The number of amides is 1. The summed E-state index contributed by atoms with van der Waals surface area (Å²) in [5.74, 6) is 0.686. The van der Waals surface area contributed by atoms with Crippen LogP contribution in [-0.2, 0) is 6.42 Å². The number of carbonyl (C=O) groups is 2. The average Bonchev–Trinajstić information content (AvgIpc) is 2.95. The Hall–Kier alpha value is -3.14. The highest BCUT2D eigenvalue weighted by Gasteiger charge is 2.17. The molecule has 0 aliphatic rings. The molecule has 3 rings (SSSR count). The van der Waals surface area contributed by atoms with E-state index >= 15 is 0 Å². The van der Waals surface area contributed by atoms with Crippen LogP contribution in [0.2, 0.25) is 0 Å². The van der Waals surface area contributed by atoms with E-state index in [0.29, 0.717) is 28.9 Å². The smallest absolute Gasteiger partial charge is 0.248 e. The Bertz CT molecular complexity index is 877. The second kappa shape index (κ2) is 6.54. The normalized spacial score (nSPS) is 10.5. The minimum Gasteiger partial charge on any atom is -0.465 e. The molecule has 24 heavy (non-hydrogen) atoms. The van der Waals surface area contributed by atoms with Gasteiger partial charge in [-0.15, -0.1) is 0 Å². The molecule has 0 radical (unpaired) electrons. The summed E-state index contributed by atoms with van der Waals surface area (Å²) in [7, 11) is 0. The first-order valence-corrected chi connectivity index (χ1v) is 7.62. The second-order valence-electron chi connectivity index (χ2n) is 5.62. The van der Waals surface area contributed by atoms with E-state index in [4.69, 9.17) is 10.2 Å². The molecule has 2 aromatic carbocycles. The zero-order valence-corrected chi connectivity index (χ0v) is 13.3. The van der Waals surface area contributed by atoms with Crippen LogP contribution in [0.25, 0.3) is 0 Å². The van der Waals surface area contributed by atoms with Crippen LogP contribution in [0.1, 0.15) is 43.4 Å². The van der Waals surface area contributed by atoms with Gasteiger partial charge in [0.1, 0.15) is 11.5 Å². The Labute approximate surface area is 139 Å². The maximum absolute atomic E-state index is 12.6. The van der Waals surface area contributed by atoms with E-state index < -0.39 is 5.91 Å². The average molecular weight is 319 g/mol. The fourth-order valence-corrected chi connectivity index (χ4v) is 2.59. The number of carbonyl (C=O) groups excluding carboxylic acids is 2. The Balaban J connectivity index is 1.84. The molecule has 0 unspecified atom stereocenters. The third-order valence-corrected chi connectivity index (χ3v) is 3.87. The standard InChI is InChI=1S/C20H17NO3/c1-13-18(12-17(24-13)11-14-5-3-2-4-6-14)19(22)15-7-9-16(10-8-15)20(21)23/h2-10,12H,11H2,1H3,(H2,21,23). The van der Waals surface area contributed by atoms with Crippen LogP contribution in [0.3, 0.4) is 0 Å². The van der Waals surface area contributed by atoms with E-state index in [0.717, 1.165) is 11.3 Å². The molecule has 0 saturated heterocycles. The van der Waals surface area contributed by atoms with Gasteiger partial charge >= 0.3 is 0 Å². The number of nitrogens with two attached hydrogens (primary N) is 1. The summed E-state index contributed by atoms with van der Waals surface area (Å²) in [6.45, 7) is 1.78. The SMILES string of the molecule is Cc1oc(Cc2ccccc2)cc1C(=O)c1ccc(C(N)=O)cc1. The summed E-state index contributed by atoms with van der Waals surface area (Å²) in [5, 5.41) is 0. The molecule has 0 fully saturated rings. The van der Waals surface area contributed by atoms with E-state index in [2.05, 4.69) is 0 Å². The van der Waals surface area contributed by atoms with Crippen molar-refractivity contribution in [1.82, 2.24) is 0 Å². The van der Waals surface area contributed by atoms with Gasteiger partial charge in [-0.25, -0.2) is 0 Å². The minimum atomic E-state index is -0.515. The number of aryl methyl sites for hydroxylation is 1.